The van der Waals surface area contributed by atoms with Crippen LogP contribution < -0.4 is 14.2 Å². The third-order valence-corrected chi connectivity index (χ3v) is 8.00. The molecule has 0 spiro atoms. The maximum absolute atomic E-state index is 13.6. The minimum Gasteiger partial charge on any atom is -0.507 e. The number of hydrogen-bond acceptors (Lipinski definition) is 8. The molecule has 0 radical (unpaired) electrons. The molecular weight excluding hydrogens is 548 g/mol. The molecule has 2 aromatic rings. The lowest BCUT2D eigenvalue weighted by atomic mass is 9.93. The van der Waals surface area contributed by atoms with Gasteiger partial charge in [0.1, 0.15) is 11.5 Å². The van der Waals surface area contributed by atoms with Crippen LogP contribution in [0.5, 0.6) is 17.2 Å². The summed E-state index contributed by atoms with van der Waals surface area (Å²) in [5.74, 6) is 0.298. The molecule has 1 amide bonds. The number of unbranched alkanes of at least 4 members (excludes halogenated alkanes) is 2. The number of likely N-dealkylation sites (tertiary alicyclic amines) is 1. The monoisotopic (exact) mass is 594 g/mol. The van der Waals surface area contributed by atoms with Crippen LogP contribution in [-0.4, -0.2) is 86.3 Å². The van der Waals surface area contributed by atoms with Crippen LogP contribution in [0.3, 0.4) is 0 Å². The van der Waals surface area contributed by atoms with Crippen molar-refractivity contribution in [3.05, 3.63) is 58.7 Å². The molecule has 2 heterocycles. The Hall–Kier alpha value is -3.56. The van der Waals surface area contributed by atoms with Crippen molar-refractivity contribution in [3.8, 4) is 17.2 Å². The number of nitrogens with zero attached hydrogens (tertiary/aromatic N) is 2. The Bertz CT molecular complexity index is 1290. The van der Waals surface area contributed by atoms with Crippen LogP contribution in [-0.2, 0) is 14.3 Å². The standard InChI is InChI=1S/C34H46N2O7/c1-5-7-18-42-26-11-12-27(24(3)22-26)32(37)30-31(25-10-13-28(29(23-25)40-4)43-19-8-6-2)36(34(39)33(30)38)15-9-14-35-16-20-41-21-17-35/h10-13,22-23,31,37H,5-9,14-21H2,1-4H3/b32-30+. The first-order valence-corrected chi connectivity index (χ1v) is 15.5. The molecule has 2 saturated heterocycles. The summed E-state index contributed by atoms with van der Waals surface area (Å²) in [5.41, 5.74) is 1.98. The Labute approximate surface area is 255 Å². The molecule has 4 rings (SSSR count). The number of methoxy groups -OCH3 is 1. The molecule has 9 heteroatoms. The number of rotatable bonds is 15. The van der Waals surface area contributed by atoms with Crippen molar-refractivity contribution in [1.29, 1.82) is 0 Å². The third kappa shape index (κ3) is 7.89. The van der Waals surface area contributed by atoms with Gasteiger partial charge in [0.25, 0.3) is 11.7 Å². The molecule has 9 nitrogen and oxygen atoms in total. The van der Waals surface area contributed by atoms with E-state index in [0.29, 0.717) is 67.8 Å². The lowest BCUT2D eigenvalue weighted by Gasteiger charge is -2.29. The summed E-state index contributed by atoms with van der Waals surface area (Å²) in [6, 6.07) is 10.1. The number of Topliss-reactive ketones (excluding diaryl/α,β-unsaturated/α-hetero) is 1. The minimum atomic E-state index is -0.775. The van der Waals surface area contributed by atoms with Gasteiger partial charge in [-0.15, -0.1) is 0 Å². The molecule has 2 aromatic carbocycles. The van der Waals surface area contributed by atoms with Crippen LogP contribution in [0.1, 0.15) is 68.7 Å². The van der Waals surface area contributed by atoms with Gasteiger partial charge in [0.15, 0.2) is 11.5 Å². The fourth-order valence-electron chi connectivity index (χ4n) is 5.52. The number of carbonyl (C=O) groups excluding carboxylic acids is 2. The van der Waals surface area contributed by atoms with Crippen molar-refractivity contribution < 1.29 is 33.6 Å². The number of aliphatic hydroxyl groups is 1. The molecular formula is C34H46N2O7. The first-order chi connectivity index (χ1) is 20.9. The number of aliphatic hydroxyl groups excluding tert-OH is 1. The molecule has 43 heavy (non-hydrogen) atoms. The molecule has 0 aromatic heterocycles. The van der Waals surface area contributed by atoms with E-state index in [9.17, 15) is 14.7 Å². The smallest absolute Gasteiger partial charge is 0.295 e. The molecule has 2 fully saturated rings. The average molecular weight is 595 g/mol. The van der Waals surface area contributed by atoms with Crippen molar-refractivity contribution in [2.75, 3.05) is 59.7 Å². The second-order valence-corrected chi connectivity index (χ2v) is 11.1. The maximum Gasteiger partial charge on any atom is 0.295 e. The molecule has 1 N–H and O–H groups in total. The summed E-state index contributed by atoms with van der Waals surface area (Å²) in [7, 11) is 1.57. The van der Waals surface area contributed by atoms with E-state index in [1.165, 1.54) is 0 Å². The number of hydrogen-bond donors (Lipinski definition) is 1. The Morgan fingerprint density at radius 1 is 0.930 bits per heavy atom. The highest BCUT2D eigenvalue weighted by molar-refractivity contribution is 6.46. The zero-order valence-electron chi connectivity index (χ0n) is 26.0. The second kappa shape index (κ2) is 15.8. The van der Waals surface area contributed by atoms with E-state index in [1.54, 1.807) is 30.2 Å². The highest BCUT2D eigenvalue weighted by Crippen LogP contribution is 2.42. The summed E-state index contributed by atoms with van der Waals surface area (Å²) in [5, 5.41) is 11.7. The molecule has 0 aliphatic carbocycles. The van der Waals surface area contributed by atoms with Crippen LogP contribution in [0.2, 0.25) is 0 Å². The number of benzene rings is 2. The Morgan fingerprint density at radius 2 is 1.65 bits per heavy atom. The van der Waals surface area contributed by atoms with Crippen LogP contribution in [0.15, 0.2) is 42.0 Å². The van der Waals surface area contributed by atoms with Gasteiger partial charge >= 0.3 is 0 Å². The van der Waals surface area contributed by atoms with Crippen molar-refractivity contribution in [1.82, 2.24) is 9.80 Å². The predicted octanol–water partition coefficient (Wildman–Crippen LogP) is 5.51. The van der Waals surface area contributed by atoms with Gasteiger partial charge in [0.2, 0.25) is 0 Å². The van der Waals surface area contributed by atoms with Crippen molar-refractivity contribution in [2.45, 2.75) is 58.9 Å². The number of ether oxygens (including phenoxy) is 4. The number of amides is 1. The Kier molecular flexibility index (Phi) is 11.9. The van der Waals surface area contributed by atoms with Gasteiger partial charge in [-0.2, -0.15) is 0 Å². The molecule has 234 valence electrons. The maximum atomic E-state index is 13.6. The predicted molar refractivity (Wildman–Crippen MR) is 166 cm³/mol. The van der Waals surface area contributed by atoms with Gasteiger partial charge in [-0.1, -0.05) is 32.8 Å². The van der Waals surface area contributed by atoms with Gasteiger partial charge < -0.3 is 29.0 Å². The third-order valence-electron chi connectivity index (χ3n) is 8.00. The van der Waals surface area contributed by atoms with Crippen molar-refractivity contribution >= 4 is 17.4 Å². The summed E-state index contributed by atoms with van der Waals surface area (Å²) < 4.78 is 22.9. The zero-order valence-corrected chi connectivity index (χ0v) is 26.0. The Balaban J connectivity index is 1.70. The largest absolute Gasteiger partial charge is 0.507 e. The van der Waals surface area contributed by atoms with Crippen molar-refractivity contribution in [2.24, 2.45) is 0 Å². The van der Waals surface area contributed by atoms with Gasteiger partial charge in [-0.05, 0) is 67.6 Å². The molecule has 1 unspecified atom stereocenters. The van der Waals surface area contributed by atoms with E-state index in [-0.39, 0.29) is 11.3 Å². The normalized spacial score (nSPS) is 18.7. The van der Waals surface area contributed by atoms with E-state index >= 15 is 0 Å². The van der Waals surface area contributed by atoms with E-state index < -0.39 is 17.7 Å². The highest BCUT2D eigenvalue weighted by Gasteiger charge is 2.46. The summed E-state index contributed by atoms with van der Waals surface area (Å²) >= 11 is 0. The van der Waals surface area contributed by atoms with Gasteiger partial charge in [0, 0.05) is 31.7 Å². The van der Waals surface area contributed by atoms with E-state index in [2.05, 4.69) is 18.7 Å². The molecule has 0 saturated carbocycles. The lowest BCUT2D eigenvalue weighted by molar-refractivity contribution is -0.140. The number of ketones is 1. The van der Waals surface area contributed by atoms with Crippen LogP contribution in [0, 0.1) is 6.92 Å². The molecule has 2 aliphatic rings. The highest BCUT2D eigenvalue weighted by atomic mass is 16.5. The zero-order chi connectivity index (χ0) is 30.8. The fraction of sp³-hybridized carbons (Fsp3) is 0.529. The minimum absolute atomic E-state index is 0.0702. The number of aryl methyl sites for hydroxylation is 1. The molecule has 1 atom stereocenters. The Morgan fingerprint density at radius 3 is 2.33 bits per heavy atom. The first-order valence-electron chi connectivity index (χ1n) is 15.5. The van der Waals surface area contributed by atoms with E-state index in [1.807, 2.05) is 25.1 Å². The lowest BCUT2D eigenvalue weighted by Crippen LogP contribution is -2.39. The van der Waals surface area contributed by atoms with Crippen LogP contribution in [0.4, 0.5) is 0 Å². The topological polar surface area (TPSA) is 97.8 Å². The van der Waals surface area contributed by atoms with Crippen molar-refractivity contribution in [3.63, 3.8) is 0 Å². The van der Waals surface area contributed by atoms with Gasteiger partial charge in [-0.3, -0.25) is 14.5 Å². The summed E-state index contributed by atoms with van der Waals surface area (Å²) in [6.45, 7) is 11.5. The van der Waals surface area contributed by atoms with Gasteiger partial charge in [0.05, 0.1) is 45.2 Å². The summed E-state index contributed by atoms with van der Waals surface area (Å²) in [6.07, 6.45) is 4.57. The number of morpholine rings is 1. The van der Waals surface area contributed by atoms with E-state index in [0.717, 1.165) is 50.9 Å². The molecule has 0 bridgehead atoms. The number of carbonyl (C=O) groups is 2. The van der Waals surface area contributed by atoms with E-state index in [4.69, 9.17) is 18.9 Å². The van der Waals surface area contributed by atoms with Crippen LogP contribution in [0.25, 0.3) is 5.76 Å². The average Bonchev–Trinajstić information content (AvgIpc) is 3.27. The quantitative estimate of drug-likeness (QED) is 0.125. The summed E-state index contributed by atoms with van der Waals surface area (Å²) in [4.78, 5) is 31.0. The van der Waals surface area contributed by atoms with Gasteiger partial charge in [-0.25, -0.2) is 0 Å². The van der Waals surface area contributed by atoms with Crippen LogP contribution >= 0.6 is 0 Å². The first kappa shape index (κ1) is 32.4. The second-order valence-electron chi connectivity index (χ2n) is 11.1. The fourth-order valence-corrected chi connectivity index (χ4v) is 5.52. The molecule has 2 aliphatic heterocycles. The SMILES string of the molecule is CCCCOc1ccc(/C(O)=C2\C(=O)C(=O)N(CCCN3CCOCC3)C2c2ccc(OCCCC)c(OC)c2)c(C)c1.